The van der Waals surface area contributed by atoms with E-state index in [2.05, 4.69) is 9.71 Å². The van der Waals surface area contributed by atoms with Crippen LogP contribution in [0.4, 0.5) is 0 Å². The van der Waals surface area contributed by atoms with Gasteiger partial charge in [0.15, 0.2) is 0 Å². The van der Waals surface area contributed by atoms with Gasteiger partial charge in [-0.15, -0.1) is 0 Å². The van der Waals surface area contributed by atoms with Crippen molar-refractivity contribution in [1.29, 1.82) is 0 Å². The number of pyridine rings is 1. The van der Waals surface area contributed by atoms with Gasteiger partial charge in [-0.3, -0.25) is 4.79 Å². The maximum absolute atomic E-state index is 12.1. The molecule has 0 bridgehead atoms. The molecule has 0 fully saturated rings. The van der Waals surface area contributed by atoms with E-state index in [4.69, 9.17) is 0 Å². The molecule has 0 aliphatic heterocycles. The zero-order chi connectivity index (χ0) is 15.6. The minimum absolute atomic E-state index is 0.0411. The highest BCUT2D eigenvalue weighted by Gasteiger charge is 2.09. The van der Waals surface area contributed by atoms with E-state index < -0.39 is 10.0 Å². The third-order valence-corrected chi connectivity index (χ3v) is 5.02. The van der Waals surface area contributed by atoms with Crippen LogP contribution in [0.25, 0.3) is 10.9 Å². The Kier molecular flexibility index (Phi) is 4.49. The second-order valence-corrected chi connectivity index (χ2v) is 7.26. The number of aromatic amines is 1. The van der Waals surface area contributed by atoms with E-state index in [1.807, 2.05) is 32.0 Å². The van der Waals surface area contributed by atoms with E-state index in [0.29, 0.717) is 12.0 Å². The fourth-order valence-electron chi connectivity index (χ4n) is 2.25. The monoisotopic (exact) mass is 308 g/mol. The van der Waals surface area contributed by atoms with Gasteiger partial charge in [-0.25, -0.2) is 13.1 Å². The van der Waals surface area contributed by atoms with E-state index in [9.17, 15) is 13.2 Å². The highest BCUT2D eigenvalue weighted by molar-refractivity contribution is 7.89. The Morgan fingerprint density at radius 3 is 2.52 bits per heavy atom. The maximum Gasteiger partial charge on any atom is 0.251 e. The van der Waals surface area contributed by atoms with Gasteiger partial charge < -0.3 is 4.98 Å². The number of aryl methyl sites for hydroxylation is 2. The van der Waals surface area contributed by atoms with E-state index >= 15 is 0 Å². The van der Waals surface area contributed by atoms with Crippen LogP contribution in [-0.2, 0) is 16.4 Å². The summed E-state index contributed by atoms with van der Waals surface area (Å²) in [4.78, 5) is 15.0. The lowest BCUT2D eigenvalue weighted by Gasteiger charge is -2.08. The molecule has 1 aromatic heterocycles. The summed E-state index contributed by atoms with van der Waals surface area (Å²) in [6.07, 6.45) is 0.373. The maximum atomic E-state index is 12.1. The first kappa shape index (κ1) is 15.7. The molecule has 2 rings (SSSR count). The summed E-state index contributed by atoms with van der Waals surface area (Å²) in [5.41, 5.74) is 3.38. The minimum Gasteiger partial charge on any atom is -0.321 e. The normalized spacial score (nSPS) is 12.0. The number of benzene rings is 1. The van der Waals surface area contributed by atoms with Gasteiger partial charge in [-0.1, -0.05) is 12.1 Å². The summed E-state index contributed by atoms with van der Waals surface area (Å²) in [5, 5.41) is 1.00. The predicted octanol–water partition coefficient (Wildman–Crippen LogP) is 1.63. The Bertz CT molecular complexity index is 823. The number of nitrogens with one attached hydrogen (secondary N) is 2. The molecule has 0 aliphatic rings. The first-order valence-corrected chi connectivity index (χ1v) is 8.58. The van der Waals surface area contributed by atoms with Gasteiger partial charge in [-0.2, -0.15) is 0 Å². The van der Waals surface area contributed by atoms with E-state index in [0.717, 1.165) is 22.0 Å². The van der Waals surface area contributed by atoms with Crippen LogP contribution < -0.4 is 10.3 Å². The van der Waals surface area contributed by atoms with Crippen molar-refractivity contribution >= 4 is 20.9 Å². The van der Waals surface area contributed by atoms with Crippen molar-refractivity contribution in [2.75, 3.05) is 12.3 Å². The summed E-state index contributed by atoms with van der Waals surface area (Å²) in [7, 11) is -3.22. The number of fused-ring (bicyclic) bond motifs is 1. The molecular weight excluding hydrogens is 288 g/mol. The van der Waals surface area contributed by atoms with E-state index in [-0.39, 0.29) is 17.9 Å². The highest BCUT2D eigenvalue weighted by Crippen LogP contribution is 2.19. The standard InChI is InChI=1S/C15H20N2O3S/c1-4-21(19,20)16-8-7-12-9-13-10(2)5-6-11(3)14(13)17-15(12)18/h5-6,9,16H,4,7-8H2,1-3H3,(H,17,18). The zero-order valence-corrected chi connectivity index (χ0v) is 13.3. The number of rotatable bonds is 5. The minimum atomic E-state index is -3.22. The number of hydrogen-bond acceptors (Lipinski definition) is 3. The Balaban J connectivity index is 2.31. The van der Waals surface area contributed by atoms with Crippen LogP contribution in [0.1, 0.15) is 23.6 Å². The Morgan fingerprint density at radius 1 is 1.19 bits per heavy atom. The molecule has 114 valence electrons. The van der Waals surface area contributed by atoms with Gasteiger partial charge >= 0.3 is 0 Å². The largest absolute Gasteiger partial charge is 0.321 e. The fourth-order valence-corrected chi connectivity index (χ4v) is 2.86. The molecule has 1 aromatic carbocycles. The average molecular weight is 308 g/mol. The zero-order valence-electron chi connectivity index (χ0n) is 12.5. The van der Waals surface area contributed by atoms with Crippen molar-refractivity contribution in [3.8, 4) is 0 Å². The molecule has 2 N–H and O–H groups in total. The summed E-state index contributed by atoms with van der Waals surface area (Å²) in [6, 6.07) is 5.85. The second kappa shape index (κ2) is 5.99. The van der Waals surface area contributed by atoms with Crippen molar-refractivity contribution in [1.82, 2.24) is 9.71 Å². The molecule has 0 atom stereocenters. The quantitative estimate of drug-likeness (QED) is 0.881. The van der Waals surface area contributed by atoms with Crippen molar-refractivity contribution in [2.24, 2.45) is 0 Å². The lowest BCUT2D eigenvalue weighted by Crippen LogP contribution is -2.28. The lowest BCUT2D eigenvalue weighted by atomic mass is 10.0. The average Bonchev–Trinajstić information content (AvgIpc) is 2.44. The lowest BCUT2D eigenvalue weighted by molar-refractivity contribution is 0.583. The smallest absolute Gasteiger partial charge is 0.251 e. The Hall–Kier alpha value is -1.66. The van der Waals surface area contributed by atoms with Crippen LogP contribution in [0.15, 0.2) is 23.0 Å². The fraction of sp³-hybridized carbons (Fsp3) is 0.400. The van der Waals surface area contributed by atoms with Crippen molar-refractivity contribution < 1.29 is 8.42 Å². The number of aromatic nitrogens is 1. The molecular formula is C15H20N2O3S. The van der Waals surface area contributed by atoms with Gasteiger partial charge in [0.1, 0.15) is 0 Å². The summed E-state index contributed by atoms with van der Waals surface area (Å²) >= 11 is 0. The van der Waals surface area contributed by atoms with Crippen LogP contribution in [0.2, 0.25) is 0 Å². The molecule has 5 nitrogen and oxygen atoms in total. The van der Waals surface area contributed by atoms with Crippen molar-refractivity contribution in [2.45, 2.75) is 27.2 Å². The van der Waals surface area contributed by atoms with Crippen LogP contribution >= 0.6 is 0 Å². The first-order valence-electron chi connectivity index (χ1n) is 6.93. The van der Waals surface area contributed by atoms with Crippen molar-refractivity contribution in [3.63, 3.8) is 0 Å². The van der Waals surface area contributed by atoms with Gasteiger partial charge in [0, 0.05) is 17.5 Å². The summed E-state index contributed by atoms with van der Waals surface area (Å²) in [6.45, 7) is 5.75. The molecule has 0 amide bonds. The molecule has 0 spiro atoms. The van der Waals surface area contributed by atoms with E-state index in [1.54, 1.807) is 6.92 Å². The van der Waals surface area contributed by atoms with Gasteiger partial charge in [-0.05, 0) is 44.4 Å². The molecule has 6 heteroatoms. The van der Waals surface area contributed by atoms with Gasteiger partial charge in [0.25, 0.3) is 5.56 Å². The molecule has 1 heterocycles. The van der Waals surface area contributed by atoms with Gasteiger partial charge in [0.2, 0.25) is 10.0 Å². The van der Waals surface area contributed by atoms with Crippen LogP contribution in [0.3, 0.4) is 0 Å². The number of sulfonamides is 1. The second-order valence-electron chi connectivity index (χ2n) is 5.16. The molecule has 0 unspecified atom stereocenters. The molecule has 0 saturated heterocycles. The van der Waals surface area contributed by atoms with Crippen LogP contribution in [0, 0.1) is 13.8 Å². The summed E-state index contributed by atoms with van der Waals surface area (Å²) < 4.78 is 25.3. The highest BCUT2D eigenvalue weighted by atomic mass is 32.2. The molecule has 0 radical (unpaired) electrons. The third kappa shape index (κ3) is 3.51. The number of H-pyrrole nitrogens is 1. The SMILES string of the molecule is CCS(=O)(=O)NCCc1cc2c(C)ccc(C)c2[nH]c1=O. The predicted molar refractivity (Wildman–Crippen MR) is 85.2 cm³/mol. The van der Waals surface area contributed by atoms with E-state index in [1.165, 1.54) is 0 Å². The number of hydrogen-bond donors (Lipinski definition) is 2. The molecule has 21 heavy (non-hydrogen) atoms. The topological polar surface area (TPSA) is 79.0 Å². The van der Waals surface area contributed by atoms with Crippen molar-refractivity contribution in [3.05, 3.63) is 45.2 Å². The van der Waals surface area contributed by atoms with Gasteiger partial charge in [0.05, 0.1) is 11.3 Å². The first-order chi connectivity index (χ1) is 9.84. The molecule has 2 aromatic rings. The Labute approximate surface area is 124 Å². The van der Waals surface area contributed by atoms with Crippen LogP contribution in [0.5, 0.6) is 0 Å². The molecule has 0 aliphatic carbocycles. The Morgan fingerprint density at radius 2 is 1.86 bits per heavy atom. The molecule has 0 saturated carbocycles. The summed E-state index contributed by atoms with van der Waals surface area (Å²) in [5.74, 6) is 0.0411. The third-order valence-electron chi connectivity index (χ3n) is 3.62. The van der Waals surface area contributed by atoms with Crippen LogP contribution in [-0.4, -0.2) is 25.7 Å².